The van der Waals surface area contributed by atoms with E-state index in [1.807, 2.05) is 12.1 Å². The van der Waals surface area contributed by atoms with Crippen LogP contribution in [-0.4, -0.2) is 60.9 Å². The molecule has 10 nitrogen and oxygen atoms in total. The molecule has 1 aliphatic rings. The molecule has 0 radical (unpaired) electrons. The summed E-state index contributed by atoms with van der Waals surface area (Å²) >= 11 is 0. The molecular weight excluding hydrogens is 446 g/mol. The zero-order chi connectivity index (χ0) is 23.7. The fourth-order valence-corrected chi connectivity index (χ4v) is 3.85. The summed E-state index contributed by atoms with van der Waals surface area (Å²) in [6, 6.07) is 10.4. The quantitative estimate of drug-likeness (QED) is 0.442. The average Bonchev–Trinajstić information content (AvgIpc) is 3.49. The van der Waals surface area contributed by atoms with Gasteiger partial charge in [0, 0.05) is 25.1 Å². The van der Waals surface area contributed by atoms with E-state index in [0.717, 1.165) is 5.56 Å². The molecule has 1 amide bonds. The smallest absolute Gasteiger partial charge is 0.265 e. The number of furan rings is 1. The van der Waals surface area contributed by atoms with Crippen molar-refractivity contribution in [2.45, 2.75) is 25.2 Å². The Bertz CT molecular complexity index is 1300. The third-order valence-corrected chi connectivity index (χ3v) is 5.55. The number of likely N-dealkylation sites (tertiary alicyclic amines) is 1. The Balaban J connectivity index is 1.20. The first kappa shape index (κ1) is 21.7. The van der Waals surface area contributed by atoms with Crippen LogP contribution in [0.3, 0.4) is 0 Å². The number of amides is 1. The SMILES string of the molecule is Nc1nc(NCCc2ccc(C(=O)N3CCCC(F)(F)C3)cc2)nc2nc(-c3ccco3)nn12. The first-order chi connectivity index (χ1) is 16.4. The fourth-order valence-electron chi connectivity index (χ4n) is 3.85. The van der Waals surface area contributed by atoms with Crippen LogP contribution in [0.25, 0.3) is 17.4 Å². The molecule has 4 heterocycles. The molecule has 0 unspecified atom stereocenters. The number of halogens is 2. The van der Waals surface area contributed by atoms with Crippen molar-refractivity contribution in [1.82, 2.24) is 29.5 Å². The van der Waals surface area contributed by atoms with Gasteiger partial charge in [0.25, 0.3) is 17.6 Å². The summed E-state index contributed by atoms with van der Waals surface area (Å²) < 4.78 is 33.9. The number of alkyl halides is 2. The predicted molar refractivity (Wildman–Crippen MR) is 119 cm³/mol. The van der Waals surface area contributed by atoms with Gasteiger partial charge in [0.1, 0.15) is 0 Å². The molecule has 0 aliphatic carbocycles. The second-order valence-electron chi connectivity index (χ2n) is 8.09. The Morgan fingerprint density at radius 3 is 2.74 bits per heavy atom. The van der Waals surface area contributed by atoms with Crippen LogP contribution < -0.4 is 11.1 Å². The van der Waals surface area contributed by atoms with Crippen molar-refractivity contribution in [3.05, 3.63) is 53.8 Å². The third kappa shape index (κ3) is 4.51. The molecule has 1 saturated heterocycles. The van der Waals surface area contributed by atoms with Crippen LogP contribution in [0.1, 0.15) is 28.8 Å². The number of carbonyl (C=O) groups is 1. The number of fused-ring (bicyclic) bond motifs is 1. The maximum absolute atomic E-state index is 13.6. The molecule has 1 fully saturated rings. The first-order valence-electron chi connectivity index (χ1n) is 10.8. The molecule has 3 N–H and O–H groups in total. The number of hydrogen-bond donors (Lipinski definition) is 2. The minimum atomic E-state index is -2.82. The molecule has 1 aliphatic heterocycles. The number of rotatable bonds is 6. The van der Waals surface area contributed by atoms with Gasteiger partial charge in [-0.2, -0.15) is 19.5 Å². The van der Waals surface area contributed by atoms with Crippen molar-refractivity contribution in [2.24, 2.45) is 0 Å². The fraction of sp³-hybridized carbons (Fsp3) is 0.318. The summed E-state index contributed by atoms with van der Waals surface area (Å²) in [5, 5.41) is 7.35. The van der Waals surface area contributed by atoms with E-state index in [1.54, 1.807) is 24.3 Å². The molecule has 0 bridgehead atoms. The largest absolute Gasteiger partial charge is 0.461 e. The lowest BCUT2D eigenvalue weighted by Gasteiger charge is -2.32. The summed E-state index contributed by atoms with van der Waals surface area (Å²) in [5.74, 6) is -1.62. The number of aromatic nitrogens is 5. The highest BCUT2D eigenvalue weighted by Gasteiger charge is 2.37. The zero-order valence-corrected chi connectivity index (χ0v) is 18.1. The van der Waals surface area contributed by atoms with Gasteiger partial charge < -0.3 is 20.4 Å². The molecule has 1 aromatic carbocycles. The number of piperidine rings is 1. The lowest BCUT2D eigenvalue weighted by atomic mass is 10.0. The Kier molecular flexibility index (Phi) is 5.56. The number of benzene rings is 1. The topological polar surface area (TPSA) is 127 Å². The Morgan fingerprint density at radius 1 is 1.18 bits per heavy atom. The Hall–Kier alpha value is -4.09. The lowest BCUT2D eigenvalue weighted by Crippen LogP contribution is -2.45. The van der Waals surface area contributed by atoms with Crippen molar-refractivity contribution >= 4 is 23.6 Å². The maximum Gasteiger partial charge on any atom is 0.265 e. The van der Waals surface area contributed by atoms with Crippen LogP contribution in [0.15, 0.2) is 47.1 Å². The lowest BCUT2D eigenvalue weighted by molar-refractivity contribution is -0.0560. The summed E-state index contributed by atoms with van der Waals surface area (Å²) in [4.78, 5) is 26.6. The van der Waals surface area contributed by atoms with Crippen LogP contribution in [0.4, 0.5) is 20.7 Å². The molecule has 0 saturated carbocycles. The molecule has 0 atom stereocenters. The van der Waals surface area contributed by atoms with Crippen molar-refractivity contribution < 1.29 is 18.0 Å². The minimum Gasteiger partial charge on any atom is -0.461 e. The summed E-state index contributed by atoms with van der Waals surface area (Å²) in [6.07, 6.45) is 2.28. The van der Waals surface area contributed by atoms with E-state index in [1.165, 1.54) is 15.7 Å². The Morgan fingerprint density at radius 2 is 2.00 bits per heavy atom. The monoisotopic (exact) mass is 468 g/mol. The van der Waals surface area contributed by atoms with E-state index in [4.69, 9.17) is 10.2 Å². The molecule has 4 aromatic rings. The third-order valence-electron chi connectivity index (χ3n) is 5.55. The summed E-state index contributed by atoms with van der Waals surface area (Å²) in [5.41, 5.74) is 7.35. The van der Waals surface area contributed by atoms with Crippen LogP contribution >= 0.6 is 0 Å². The summed E-state index contributed by atoms with van der Waals surface area (Å²) in [7, 11) is 0. The highest BCUT2D eigenvalue weighted by molar-refractivity contribution is 5.94. The number of carbonyl (C=O) groups excluding carboxylic acids is 1. The van der Waals surface area contributed by atoms with E-state index >= 15 is 0 Å². The number of hydrogen-bond acceptors (Lipinski definition) is 8. The molecule has 5 rings (SSSR count). The van der Waals surface area contributed by atoms with Crippen LogP contribution in [-0.2, 0) is 6.42 Å². The van der Waals surface area contributed by atoms with Crippen molar-refractivity contribution in [1.29, 1.82) is 0 Å². The standard InChI is InChI=1S/C22H22F2N8O2/c23-22(24)9-2-11-31(13-22)18(33)15-6-4-14(5-7-15)8-10-26-20-28-19(25)32-21(29-20)27-17(30-32)16-3-1-12-34-16/h1,3-7,12H,2,8-11,13H2,(H3,25,26,27,28,29,30). The molecule has 0 spiro atoms. The van der Waals surface area contributed by atoms with Gasteiger partial charge in [0.15, 0.2) is 5.76 Å². The highest BCUT2D eigenvalue weighted by atomic mass is 19.3. The maximum atomic E-state index is 13.6. The van der Waals surface area contributed by atoms with E-state index < -0.39 is 12.5 Å². The number of nitrogen functional groups attached to an aromatic ring is 1. The van der Waals surface area contributed by atoms with Crippen LogP contribution in [0.5, 0.6) is 0 Å². The van der Waals surface area contributed by atoms with Crippen molar-refractivity contribution in [3.8, 4) is 11.6 Å². The van der Waals surface area contributed by atoms with Gasteiger partial charge in [0.05, 0.1) is 12.8 Å². The molecule has 176 valence electrons. The normalized spacial score (nSPS) is 15.5. The van der Waals surface area contributed by atoms with Gasteiger partial charge in [-0.1, -0.05) is 12.1 Å². The van der Waals surface area contributed by atoms with E-state index in [2.05, 4.69) is 25.4 Å². The van der Waals surface area contributed by atoms with Gasteiger partial charge in [-0.25, -0.2) is 8.78 Å². The zero-order valence-electron chi connectivity index (χ0n) is 18.1. The minimum absolute atomic E-state index is 0.129. The number of nitrogens with one attached hydrogen (secondary N) is 1. The van der Waals surface area contributed by atoms with Crippen molar-refractivity contribution in [3.63, 3.8) is 0 Å². The van der Waals surface area contributed by atoms with Crippen molar-refractivity contribution in [2.75, 3.05) is 30.7 Å². The predicted octanol–water partition coefficient (Wildman–Crippen LogP) is 2.89. The average molecular weight is 468 g/mol. The first-order valence-corrected chi connectivity index (χ1v) is 10.8. The second-order valence-corrected chi connectivity index (χ2v) is 8.09. The Labute approximate surface area is 192 Å². The van der Waals surface area contributed by atoms with E-state index in [-0.39, 0.29) is 24.1 Å². The van der Waals surface area contributed by atoms with Gasteiger partial charge >= 0.3 is 0 Å². The van der Waals surface area contributed by atoms with E-state index in [9.17, 15) is 13.6 Å². The van der Waals surface area contributed by atoms with Gasteiger partial charge in [0.2, 0.25) is 17.7 Å². The van der Waals surface area contributed by atoms with Crippen LogP contribution in [0, 0.1) is 0 Å². The molecular formula is C22H22F2N8O2. The van der Waals surface area contributed by atoms with Gasteiger partial charge in [-0.3, -0.25) is 4.79 Å². The molecule has 34 heavy (non-hydrogen) atoms. The van der Waals surface area contributed by atoms with Gasteiger partial charge in [-0.05, 0) is 42.7 Å². The molecule has 3 aromatic heterocycles. The van der Waals surface area contributed by atoms with Crippen LogP contribution in [0.2, 0.25) is 0 Å². The molecule has 12 heteroatoms. The second kappa shape index (κ2) is 8.69. The van der Waals surface area contributed by atoms with Gasteiger partial charge in [-0.15, -0.1) is 5.10 Å². The van der Waals surface area contributed by atoms with E-state index in [0.29, 0.717) is 49.0 Å². The highest BCUT2D eigenvalue weighted by Crippen LogP contribution is 2.27. The number of nitrogens with zero attached hydrogens (tertiary/aromatic N) is 6. The summed E-state index contributed by atoms with van der Waals surface area (Å²) in [6.45, 7) is 0.323. The number of nitrogens with two attached hydrogens (primary N) is 1. The number of anilines is 2.